The molecule has 0 unspecified atom stereocenters. The second-order valence-corrected chi connectivity index (χ2v) is 6.33. The van der Waals surface area contributed by atoms with Crippen LogP contribution in [0.1, 0.15) is 23.0 Å². The summed E-state index contributed by atoms with van der Waals surface area (Å²) >= 11 is 0. The Morgan fingerprint density at radius 1 is 0.885 bits per heavy atom. The molecule has 0 saturated carbocycles. The van der Waals surface area contributed by atoms with Gasteiger partial charge in [-0.3, -0.25) is 9.36 Å². The molecule has 4 heteroatoms. The minimum Gasteiger partial charge on any atom is -0.399 e. The van der Waals surface area contributed by atoms with Crippen molar-refractivity contribution < 1.29 is 0 Å². The van der Waals surface area contributed by atoms with Crippen molar-refractivity contribution >= 4 is 16.6 Å². The van der Waals surface area contributed by atoms with Gasteiger partial charge in [0.1, 0.15) is 5.82 Å². The molecule has 0 aliphatic heterocycles. The lowest BCUT2D eigenvalue weighted by atomic mass is 9.98. The van der Waals surface area contributed by atoms with Crippen LogP contribution >= 0.6 is 0 Å². The summed E-state index contributed by atoms with van der Waals surface area (Å²) in [6.45, 7) is 1.86. The van der Waals surface area contributed by atoms with Gasteiger partial charge in [-0.1, -0.05) is 60.7 Å². The first-order valence-corrected chi connectivity index (χ1v) is 8.53. The topological polar surface area (TPSA) is 60.9 Å². The Hall–Kier alpha value is -3.40. The molecule has 4 rings (SSSR count). The number of nitrogens with two attached hydrogens (primary N) is 1. The van der Waals surface area contributed by atoms with E-state index in [0.717, 1.165) is 11.1 Å². The Balaban J connectivity index is 2.03. The van der Waals surface area contributed by atoms with Gasteiger partial charge in [0.05, 0.1) is 16.9 Å². The highest BCUT2D eigenvalue weighted by Gasteiger charge is 2.21. The van der Waals surface area contributed by atoms with Crippen LogP contribution in [0.4, 0.5) is 5.69 Å². The number of hydrogen-bond donors (Lipinski definition) is 1. The maximum atomic E-state index is 13.3. The maximum Gasteiger partial charge on any atom is 0.262 e. The van der Waals surface area contributed by atoms with Gasteiger partial charge in [0, 0.05) is 5.69 Å². The fourth-order valence-electron chi connectivity index (χ4n) is 3.39. The molecule has 0 spiro atoms. The number of anilines is 1. The van der Waals surface area contributed by atoms with Gasteiger partial charge in [-0.05, 0) is 36.2 Å². The van der Waals surface area contributed by atoms with E-state index in [-0.39, 0.29) is 11.6 Å². The summed E-state index contributed by atoms with van der Waals surface area (Å²) in [7, 11) is 0. The molecule has 0 aliphatic rings. The molecule has 0 bridgehead atoms. The molecule has 2 N–H and O–H groups in total. The molecule has 0 atom stereocenters. The number of aryl methyl sites for hydroxylation is 1. The van der Waals surface area contributed by atoms with E-state index < -0.39 is 0 Å². The molecular weight excluding hydrogens is 322 g/mol. The van der Waals surface area contributed by atoms with Crippen molar-refractivity contribution in [3.05, 3.63) is 106 Å². The third-order valence-corrected chi connectivity index (χ3v) is 4.59. The SMILES string of the molecule is Cc1nc2cc(N)ccc2c(=O)n1C(c1ccccc1)c1ccccc1. The van der Waals surface area contributed by atoms with Gasteiger partial charge in [0.15, 0.2) is 0 Å². The second kappa shape index (κ2) is 6.48. The fraction of sp³-hybridized carbons (Fsp3) is 0.0909. The number of nitrogen functional groups attached to an aromatic ring is 1. The summed E-state index contributed by atoms with van der Waals surface area (Å²) in [5.41, 5.74) is 9.10. The van der Waals surface area contributed by atoms with Gasteiger partial charge in [-0.15, -0.1) is 0 Å². The molecule has 4 nitrogen and oxygen atoms in total. The van der Waals surface area contributed by atoms with Gasteiger partial charge >= 0.3 is 0 Å². The Kier molecular flexibility index (Phi) is 4.01. The number of benzene rings is 3. The molecule has 0 radical (unpaired) electrons. The lowest BCUT2D eigenvalue weighted by molar-refractivity contribution is 0.620. The van der Waals surface area contributed by atoms with Crippen molar-refractivity contribution in [2.75, 3.05) is 5.73 Å². The molecule has 0 fully saturated rings. The van der Waals surface area contributed by atoms with Gasteiger partial charge < -0.3 is 5.73 Å². The third kappa shape index (κ3) is 2.75. The summed E-state index contributed by atoms with van der Waals surface area (Å²) in [5, 5.41) is 0.571. The van der Waals surface area contributed by atoms with E-state index in [9.17, 15) is 4.79 Å². The first-order chi connectivity index (χ1) is 12.6. The van der Waals surface area contributed by atoms with Crippen LogP contribution in [-0.2, 0) is 0 Å². The van der Waals surface area contributed by atoms with Crippen molar-refractivity contribution in [3.63, 3.8) is 0 Å². The predicted molar refractivity (Wildman–Crippen MR) is 105 cm³/mol. The zero-order chi connectivity index (χ0) is 18.1. The number of aromatic nitrogens is 2. The van der Waals surface area contributed by atoms with E-state index in [4.69, 9.17) is 5.73 Å². The van der Waals surface area contributed by atoms with Crippen LogP contribution in [0.5, 0.6) is 0 Å². The van der Waals surface area contributed by atoms with Gasteiger partial charge in [0.25, 0.3) is 5.56 Å². The summed E-state index contributed by atoms with van der Waals surface area (Å²) in [4.78, 5) is 18.0. The summed E-state index contributed by atoms with van der Waals surface area (Å²) in [5.74, 6) is 0.658. The summed E-state index contributed by atoms with van der Waals surface area (Å²) in [6.07, 6.45) is 0. The third-order valence-electron chi connectivity index (χ3n) is 4.59. The van der Waals surface area contributed by atoms with E-state index in [0.29, 0.717) is 22.4 Å². The number of rotatable bonds is 3. The second-order valence-electron chi connectivity index (χ2n) is 6.33. The number of fused-ring (bicyclic) bond motifs is 1. The van der Waals surface area contributed by atoms with Gasteiger partial charge in [-0.2, -0.15) is 0 Å². The van der Waals surface area contributed by atoms with Crippen LogP contribution in [0.2, 0.25) is 0 Å². The van der Waals surface area contributed by atoms with Gasteiger partial charge in [0.2, 0.25) is 0 Å². The van der Waals surface area contributed by atoms with Crippen molar-refractivity contribution in [1.82, 2.24) is 9.55 Å². The highest BCUT2D eigenvalue weighted by atomic mass is 16.1. The molecule has 26 heavy (non-hydrogen) atoms. The average Bonchev–Trinajstić information content (AvgIpc) is 2.66. The van der Waals surface area contributed by atoms with Crippen molar-refractivity contribution in [2.45, 2.75) is 13.0 Å². The number of hydrogen-bond acceptors (Lipinski definition) is 3. The zero-order valence-electron chi connectivity index (χ0n) is 14.5. The van der Waals surface area contributed by atoms with Crippen molar-refractivity contribution in [1.29, 1.82) is 0 Å². The smallest absolute Gasteiger partial charge is 0.262 e. The molecule has 0 aliphatic carbocycles. The standard InChI is InChI=1S/C22H19N3O/c1-15-24-20-14-18(23)12-13-19(20)22(26)25(15)21(16-8-4-2-5-9-16)17-10-6-3-7-11-17/h2-14,21H,23H2,1H3. The predicted octanol–water partition coefficient (Wildman–Crippen LogP) is 3.92. The van der Waals surface area contributed by atoms with Crippen molar-refractivity contribution in [2.24, 2.45) is 0 Å². The van der Waals surface area contributed by atoms with Crippen LogP contribution in [0.15, 0.2) is 83.7 Å². The van der Waals surface area contributed by atoms with Crippen LogP contribution < -0.4 is 11.3 Å². The quantitative estimate of drug-likeness (QED) is 0.575. The molecule has 0 amide bonds. The molecule has 1 heterocycles. The Labute approximate surface area is 151 Å². The highest BCUT2D eigenvalue weighted by Crippen LogP contribution is 2.27. The van der Waals surface area contributed by atoms with Crippen molar-refractivity contribution in [3.8, 4) is 0 Å². The number of nitrogens with zero attached hydrogens (tertiary/aromatic N) is 2. The largest absolute Gasteiger partial charge is 0.399 e. The lowest BCUT2D eigenvalue weighted by Gasteiger charge is -2.23. The van der Waals surface area contributed by atoms with E-state index in [1.54, 1.807) is 22.8 Å². The Morgan fingerprint density at radius 2 is 1.46 bits per heavy atom. The van der Waals surface area contributed by atoms with E-state index in [1.165, 1.54) is 0 Å². The average molecular weight is 341 g/mol. The first-order valence-electron chi connectivity index (χ1n) is 8.53. The van der Waals surface area contributed by atoms with E-state index in [2.05, 4.69) is 4.98 Å². The summed E-state index contributed by atoms with van der Waals surface area (Å²) in [6, 6.07) is 25.1. The molecule has 0 saturated heterocycles. The monoisotopic (exact) mass is 341 g/mol. The fourth-order valence-corrected chi connectivity index (χ4v) is 3.39. The minimum atomic E-state index is -0.237. The van der Waals surface area contributed by atoms with Crippen LogP contribution in [0.25, 0.3) is 10.9 Å². The van der Waals surface area contributed by atoms with E-state index in [1.807, 2.05) is 67.6 Å². The lowest BCUT2D eigenvalue weighted by Crippen LogP contribution is -2.29. The zero-order valence-corrected chi connectivity index (χ0v) is 14.5. The molecule has 3 aromatic carbocycles. The maximum absolute atomic E-state index is 13.3. The first kappa shape index (κ1) is 16.1. The minimum absolute atomic E-state index is 0.0646. The molecule has 128 valence electrons. The van der Waals surface area contributed by atoms with Gasteiger partial charge in [-0.25, -0.2) is 4.98 Å². The normalized spacial score (nSPS) is 11.2. The Bertz CT molecular complexity index is 1080. The molecular formula is C22H19N3O. The summed E-state index contributed by atoms with van der Waals surface area (Å²) < 4.78 is 1.77. The Morgan fingerprint density at radius 3 is 2.04 bits per heavy atom. The van der Waals surface area contributed by atoms with E-state index >= 15 is 0 Å². The van der Waals surface area contributed by atoms with Crippen LogP contribution in [-0.4, -0.2) is 9.55 Å². The van der Waals surface area contributed by atoms with Crippen LogP contribution in [0.3, 0.4) is 0 Å². The molecule has 1 aromatic heterocycles. The molecule has 4 aromatic rings. The highest BCUT2D eigenvalue weighted by molar-refractivity contribution is 5.81. The van der Waals surface area contributed by atoms with Crippen LogP contribution in [0, 0.1) is 6.92 Å².